The summed E-state index contributed by atoms with van der Waals surface area (Å²) in [5.74, 6) is 1.04. The monoisotopic (exact) mass is 246 g/mol. The van der Waals surface area contributed by atoms with Crippen LogP contribution in [-0.4, -0.2) is 44.0 Å². The van der Waals surface area contributed by atoms with Crippen molar-refractivity contribution in [2.75, 3.05) is 34.2 Å². The van der Waals surface area contributed by atoms with E-state index < -0.39 is 0 Å². The molecular weight excluding hydrogens is 224 g/mol. The first kappa shape index (κ1) is 13.1. The van der Waals surface area contributed by atoms with E-state index in [1.165, 1.54) is 11.8 Å². The van der Waals surface area contributed by atoms with Gasteiger partial charge >= 0.3 is 0 Å². The number of hydrogen-bond donors (Lipinski definition) is 0. The number of rotatable bonds is 6. The van der Waals surface area contributed by atoms with Crippen LogP contribution in [0.25, 0.3) is 11.0 Å². The molecular formula is C15H22N2O. The van der Waals surface area contributed by atoms with Crippen molar-refractivity contribution in [2.24, 2.45) is 0 Å². The Hall–Kier alpha value is -1.32. The van der Waals surface area contributed by atoms with E-state index in [2.05, 4.69) is 43.1 Å². The van der Waals surface area contributed by atoms with E-state index in [9.17, 15) is 0 Å². The van der Waals surface area contributed by atoms with Gasteiger partial charge in [0.25, 0.3) is 0 Å². The molecule has 2 aromatic rings. The van der Waals surface area contributed by atoms with Crippen LogP contribution in [0.4, 0.5) is 0 Å². The second kappa shape index (κ2) is 6.03. The maximum Gasteiger partial charge on any atom is 0.134 e. The van der Waals surface area contributed by atoms with Crippen molar-refractivity contribution in [2.45, 2.75) is 13.0 Å². The van der Waals surface area contributed by atoms with Gasteiger partial charge in [0, 0.05) is 5.39 Å². The lowest BCUT2D eigenvalue weighted by molar-refractivity contribution is 0.276. The number of benzene rings is 1. The van der Waals surface area contributed by atoms with Crippen molar-refractivity contribution >= 4 is 11.0 Å². The summed E-state index contributed by atoms with van der Waals surface area (Å²) in [6.45, 7) is 3.10. The molecule has 2 rings (SSSR count). The van der Waals surface area contributed by atoms with Crippen LogP contribution in [0.5, 0.6) is 0 Å². The summed E-state index contributed by atoms with van der Waals surface area (Å²) >= 11 is 0. The van der Waals surface area contributed by atoms with Crippen molar-refractivity contribution in [3.05, 3.63) is 36.1 Å². The van der Waals surface area contributed by atoms with E-state index in [0.717, 1.165) is 31.0 Å². The molecule has 1 aromatic heterocycles. The van der Waals surface area contributed by atoms with Gasteiger partial charge in [-0.2, -0.15) is 0 Å². The zero-order valence-electron chi connectivity index (χ0n) is 11.5. The molecule has 0 aliphatic heterocycles. The van der Waals surface area contributed by atoms with Gasteiger partial charge in [0.1, 0.15) is 11.3 Å². The fraction of sp³-hybridized carbons (Fsp3) is 0.467. The molecule has 0 saturated heterocycles. The van der Waals surface area contributed by atoms with Gasteiger partial charge in [-0.1, -0.05) is 18.2 Å². The minimum absolute atomic E-state index is 0.877. The normalized spacial score (nSPS) is 11.8. The third-order valence-corrected chi connectivity index (χ3v) is 3.05. The minimum Gasteiger partial charge on any atom is -0.460 e. The molecule has 3 heteroatoms. The first-order valence-electron chi connectivity index (χ1n) is 6.46. The summed E-state index contributed by atoms with van der Waals surface area (Å²) in [5, 5.41) is 1.19. The largest absolute Gasteiger partial charge is 0.460 e. The quantitative estimate of drug-likeness (QED) is 0.781. The Morgan fingerprint density at radius 3 is 2.56 bits per heavy atom. The van der Waals surface area contributed by atoms with E-state index in [1.807, 2.05) is 18.2 Å². The maximum absolute atomic E-state index is 5.81. The lowest BCUT2D eigenvalue weighted by Crippen LogP contribution is -2.23. The number of hydrogen-bond acceptors (Lipinski definition) is 3. The molecule has 0 aliphatic rings. The highest BCUT2D eigenvalue weighted by Crippen LogP contribution is 2.19. The molecule has 0 unspecified atom stereocenters. The van der Waals surface area contributed by atoms with Gasteiger partial charge in [-0.25, -0.2) is 0 Å². The van der Waals surface area contributed by atoms with E-state index in [1.54, 1.807) is 0 Å². The molecule has 0 fully saturated rings. The van der Waals surface area contributed by atoms with Crippen LogP contribution in [0.3, 0.4) is 0 Å². The topological polar surface area (TPSA) is 19.6 Å². The van der Waals surface area contributed by atoms with Crippen LogP contribution in [0, 0.1) is 0 Å². The third-order valence-electron chi connectivity index (χ3n) is 3.05. The fourth-order valence-corrected chi connectivity index (χ4v) is 2.12. The lowest BCUT2D eigenvalue weighted by Gasteiger charge is -2.16. The molecule has 0 saturated carbocycles. The maximum atomic E-state index is 5.81. The van der Waals surface area contributed by atoms with Gasteiger partial charge < -0.3 is 9.32 Å². The molecule has 98 valence electrons. The summed E-state index contributed by atoms with van der Waals surface area (Å²) in [7, 11) is 6.36. The van der Waals surface area contributed by atoms with Gasteiger partial charge in [0.05, 0.1) is 6.54 Å². The van der Waals surface area contributed by atoms with Crippen molar-refractivity contribution in [1.82, 2.24) is 9.80 Å². The molecule has 0 atom stereocenters. The number of nitrogens with zero attached hydrogens (tertiary/aromatic N) is 2. The predicted molar refractivity (Wildman–Crippen MR) is 75.7 cm³/mol. The zero-order chi connectivity index (χ0) is 13.0. The van der Waals surface area contributed by atoms with Crippen LogP contribution < -0.4 is 0 Å². The molecule has 0 spiro atoms. The second-order valence-electron chi connectivity index (χ2n) is 5.15. The molecule has 0 amide bonds. The zero-order valence-corrected chi connectivity index (χ0v) is 11.5. The fourth-order valence-electron chi connectivity index (χ4n) is 2.12. The molecule has 18 heavy (non-hydrogen) atoms. The Balaban J connectivity index is 1.88. The van der Waals surface area contributed by atoms with Gasteiger partial charge in [-0.15, -0.1) is 0 Å². The molecule has 1 heterocycles. The van der Waals surface area contributed by atoms with Crippen LogP contribution in [0.1, 0.15) is 12.2 Å². The van der Waals surface area contributed by atoms with Gasteiger partial charge in [0.15, 0.2) is 0 Å². The first-order valence-corrected chi connectivity index (χ1v) is 6.46. The minimum atomic E-state index is 0.877. The number of fused-ring (bicyclic) bond motifs is 1. The summed E-state index contributed by atoms with van der Waals surface area (Å²) in [5.41, 5.74) is 0.981. The third kappa shape index (κ3) is 3.59. The summed E-state index contributed by atoms with van der Waals surface area (Å²) < 4.78 is 5.81. The summed E-state index contributed by atoms with van der Waals surface area (Å²) in [6.07, 6.45) is 1.18. The Bertz CT molecular complexity index is 457. The van der Waals surface area contributed by atoms with Gasteiger partial charge in [0.2, 0.25) is 0 Å². The van der Waals surface area contributed by atoms with E-state index >= 15 is 0 Å². The highest BCUT2D eigenvalue weighted by molar-refractivity contribution is 5.77. The molecule has 0 aliphatic carbocycles. The highest BCUT2D eigenvalue weighted by atomic mass is 16.3. The van der Waals surface area contributed by atoms with E-state index in [-0.39, 0.29) is 0 Å². The molecule has 0 N–H and O–H groups in total. The smallest absolute Gasteiger partial charge is 0.134 e. The number of para-hydroxylation sites is 1. The van der Waals surface area contributed by atoms with E-state index in [0.29, 0.717) is 0 Å². The van der Waals surface area contributed by atoms with Crippen molar-refractivity contribution < 1.29 is 4.42 Å². The average Bonchev–Trinajstić information content (AvgIpc) is 2.70. The highest BCUT2D eigenvalue weighted by Gasteiger charge is 2.06. The standard InChI is InChI=1S/C15H22N2O/c1-16(2)9-6-10-17(3)12-14-11-13-7-4-5-8-15(13)18-14/h4-5,7-8,11H,6,9-10,12H2,1-3H3. The second-order valence-corrected chi connectivity index (χ2v) is 5.15. The molecule has 1 aromatic carbocycles. The predicted octanol–water partition coefficient (Wildman–Crippen LogP) is 2.82. The Kier molecular flexibility index (Phi) is 4.39. The molecule has 3 nitrogen and oxygen atoms in total. The van der Waals surface area contributed by atoms with Crippen molar-refractivity contribution in [3.8, 4) is 0 Å². The Morgan fingerprint density at radius 2 is 1.83 bits per heavy atom. The van der Waals surface area contributed by atoms with Crippen LogP contribution in [-0.2, 0) is 6.54 Å². The van der Waals surface area contributed by atoms with Crippen molar-refractivity contribution in [1.29, 1.82) is 0 Å². The SMILES string of the molecule is CN(C)CCCN(C)Cc1cc2ccccc2o1. The molecule has 0 radical (unpaired) electrons. The van der Waals surface area contributed by atoms with Crippen LogP contribution >= 0.6 is 0 Å². The van der Waals surface area contributed by atoms with Crippen molar-refractivity contribution in [3.63, 3.8) is 0 Å². The summed E-state index contributed by atoms with van der Waals surface area (Å²) in [6, 6.07) is 10.3. The lowest BCUT2D eigenvalue weighted by atomic mass is 10.2. The van der Waals surface area contributed by atoms with Gasteiger partial charge in [-0.3, -0.25) is 4.90 Å². The average molecular weight is 246 g/mol. The van der Waals surface area contributed by atoms with E-state index in [4.69, 9.17) is 4.42 Å². The Morgan fingerprint density at radius 1 is 1.06 bits per heavy atom. The molecule has 0 bridgehead atoms. The number of furan rings is 1. The van der Waals surface area contributed by atoms with Crippen LogP contribution in [0.15, 0.2) is 34.7 Å². The first-order chi connectivity index (χ1) is 8.65. The summed E-state index contributed by atoms with van der Waals surface area (Å²) in [4.78, 5) is 4.52. The van der Waals surface area contributed by atoms with Gasteiger partial charge in [-0.05, 0) is 52.8 Å². The Labute approximate surface area is 109 Å². The van der Waals surface area contributed by atoms with Crippen LogP contribution in [0.2, 0.25) is 0 Å².